The third-order valence-electron chi connectivity index (χ3n) is 2.42. The van der Waals surface area contributed by atoms with Crippen molar-refractivity contribution in [1.82, 2.24) is 9.97 Å². The summed E-state index contributed by atoms with van der Waals surface area (Å²) in [5, 5.41) is 12.2. The number of nitriles is 1. The van der Waals surface area contributed by atoms with Gasteiger partial charge in [0.25, 0.3) is 0 Å². The van der Waals surface area contributed by atoms with Gasteiger partial charge in [0.15, 0.2) is 0 Å². The number of benzene rings is 1. The van der Waals surface area contributed by atoms with Crippen molar-refractivity contribution in [2.45, 2.75) is 13.3 Å². The first-order valence-electron chi connectivity index (χ1n) is 6.17. The predicted molar refractivity (Wildman–Crippen MR) is 77.1 cm³/mol. The molecule has 5 nitrogen and oxygen atoms in total. The van der Waals surface area contributed by atoms with E-state index in [9.17, 15) is 0 Å². The zero-order valence-corrected chi connectivity index (χ0v) is 11.7. The molecule has 1 heterocycles. The van der Waals surface area contributed by atoms with E-state index in [1.807, 2.05) is 13.0 Å². The van der Waals surface area contributed by atoms with Crippen LogP contribution in [0.3, 0.4) is 0 Å². The molecule has 1 aromatic carbocycles. The molecule has 0 fully saturated rings. The Hall–Kier alpha value is -2.32. The van der Waals surface area contributed by atoms with E-state index in [1.54, 1.807) is 24.3 Å². The Labute approximate surface area is 122 Å². The second-order valence-electron chi connectivity index (χ2n) is 4.02. The number of halogens is 1. The fraction of sp³-hybridized carbons (Fsp3) is 0.214. The molecule has 0 bridgehead atoms. The lowest BCUT2D eigenvalue weighted by molar-refractivity contribution is 0.462. The van der Waals surface area contributed by atoms with E-state index >= 15 is 0 Å². The highest BCUT2D eigenvalue weighted by Gasteiger charge is 2.08. The summed E-state index contributed by atoms with van der Waals surface area (Å²) in [4.78, 5) is 8.27. The minimum atomic E-state index is 0.260. The van der Waals surface area contributed by atoms with Crippen LogP contribution in [0.5, 0.6) is 11.6 Å². The van der Waals surface area contributed by atoms with Crippen LogP contribution >= 0.6 is 11.6 Å². The van der Waals surface area contributed by atoms with Crippen molar-refractivity contribution in [3.05, 3.63) is 41.0 Å². The summed E-state index contributed by atoms with van der Waals surface area (Å²) in [7, 11) is 0. The molecule has 20 heavy (non-hydrogen) atoms. The summed E-state index contributed by atoms with van der Waals surface area (Å²) < 4.78 is 5.60. The standard InChI is InChI=1S/C14H13ClN4O/c1-2-6-17-14-18-9-12(15)13(19-14)20-11-5-3-4-10(7-11)8-16/h3-5,7,9H,2,6H2,1H3,(H,17,18,19). The largest absolute Gasteiger partial charge is 0.437 e. The van der Waals surface area contributed by atoms with E-state index in [1.165, 1.54) is 6.20 Å². The molecule has 0 aliphatic heterocycles. The van der Waals surface area contributed by atoms with Crippen LogP contribution in [0.2, 0.25) is 5.02 Å². The number of hydrogen-bond donors (Lipinski definition) is 1. The molecule has 0 saturated heterocycles. The van der Waals surface area contributed by atoms with E-state index in [4.69, 9.17) is 21.6 Å². The summed E-state index contributed by atoms with van der Waals surface area (Å²) in [6.07, 6.45) is 2.45. The Morgan fingerprint density at radius 1 is 1.45 bits per heavy atom. The molecule has 1 aromatic heterocycles. The highest BCUT2D eigenvalue weighted by atomic mass is 35.5. The maximum Gasteiger partial charge on any atom is 0.243 e. The van der Waals surface area contributed by atoms with Gasteiger partial charge in [-0.15, -0.1) is 0 Å². The molecule has 0 amide bonds. The van der Waals surface area contributed by atoms with Crippen LogP contribution < -0.4 is 10.1 Å². The molecule has 0 saturated carbocycles. The van der Waals surface area contributed by atoms with Crippen LogP contribution in [0.4, 0.5) is 5.95 Å². The molecule has 2 aromatic rings. The van der Waals surface area contributed by atoms with Crippen molar-refractivity contribution in [2.24, 2.45) is 0 Å². The van der Waals surface area contributed by atoms with Crippen LogP contribution in [0.25, 0.3) is 0 Å². The van der Waals surface area contributed by atoms with Crippen LogP contribution in [0, 0.1) is 11.3 Å². The Balaban J connectivity index is 2.21. The van der Waals surface area contributed by atoms with E-state index in [0.717, 1.165) is 13.0 Å². The summed E-state index contributed by atoms with van der Waals surface area (Å²) in [6.45, 7) is 2.82. The molecule has 1 N–H and O–H groups in total. The number of rotatable bonds is 5. The third-order valence-corrected chi connectivity index (χ3v) is 2.68. The van der Waals surface area contributed by atoms with Gasteiger partial charge in [-0.1, -0.05) is 24.6 Å². The van der Waals surface area contributed by atoms with Gasteiger partial charge in [-0.25, -0.2) is 4.98 Å². The quantitative estimate of drug-likeness (QED) is 0.910. The number of ether oxygens (including phenoxy) is 1. The first-order chi connectivity index (χ1) is 9.72. The predicted octanol–water partition coefficient (Wildman–Crippen LogP) is 3.62. The minimum Gasteiger partial charge on any atom is -0.437 e. The average molecular weight is 289 g/mol. The molecular formula is C14H13ClN4O. The normalized spacial score (nSPS) is 9.85. The molecule has 0 aliphatic carbocycles. The van der Waals surface area contributed by atoms with E-state index in [0.29, 0.717) is 22.3 Å². The Morgan fingerprint density at radius 2 is 2.30 bits per heavy atom. The number of nitrogens with one attached hydrogen (secondary N) is 1. The maximum atomic E-state index is 8.86. The van der Waals surface area contributed by atoms with Gasteiger partial charge in [0.2, 0.25) is 11.8 Å². The average Bonchev–Trinajstić information content (AvgIpc) is 2.48. The smallest absolute Gasteiger partial charge is 0.243 e. The summed E-state index contributed by atoms with van der Waals surface area (Å²) in [5.74, 6) is 1.23. The topological polar surface area (TPSA) is 70.8 Å². The zero-order valence-electron chi connectivity index (χ0n) is 10.9. The number of hydrogen-bond acceptors (Lipinski definition) is 5. The van der Waals surface area contributed by atoms with E-state index < -0.39 is 0 Å². The monoisotopic (exact) mass is 288 g/mol. The molecule has 102 valence electrons. The summed E-state index contributed by atoms with van der Waals surface area (Å²) in [6, 6.07) is 8.84. The van der Waals surface area contributed by atoms with Crippen molar-refractivity contribution in [2.75, 3.05) is 11.9 Å². The van der Waals surface area contributed by atoms with Crippen LogP contribution in [-0.4, -0.2) is 16.5 Å². The number of aromatic nitrogens is 2. The van der Waals surface area contributed by atoms with Gasteiger partial charge in [0, 0.05) is 6.54 Å². The highest BCUT2D eigenvalue weighted by Crippen LogP contribution is 2.27. The molecule has 0 atom stereocenters. The molecular weight excluding hydrogens is 276 g/mol. The Kier molecular flexibility index (Phi) is 4.75. The summed E-state index contributed by atoms with van der Waals surface area (Å²) in [5.41, 5.74) is 0.511. The van der Waals surface area contributed by atoms with Gasteiger partial charge in [-0.05, 0) is 24.6 Å². The molecule has 2 rings (SSSR count). The van der Waals surface area contributed by atoms with Crippen LogP contribution in [-0.2, 0) is 0 Å². The van der Waals surface area contributed by atoms with Crippen LogP contribution in [0.1, 0.15) is 18.9 Å². The zero-order chi connectivity index (χ0) is 14.4. The van der Waals surface area contributed by atoms with Crippen molar-refractivity contribution in [3.63, 3.8) is 0 Å². The van der Waals surface area contributed by atoms with E-state index in [2.05, 4.69) is 15.3 Å². The lowest BCUT2D eigenvalue weighted by Crippen LogP contribution is -2.04. The fourth-order valence-corrected chi connectivity index (χ4v) is 1.62. The summed E-state index contributed by atoms with van der Waals surface area (Å²) >= 11 is 6.01. The van der Waals surface area contributed by atoms with Crippen LogP contribution in [0.15, 0.2) is 30.5 Å². The van der Waals surface area contributed by atoms with Gasteiger partial charge < -0.3 is 10.1 Å². The first kappa shape index (κ1) is 14.1. The Bertz CT molecular complexity index is 639. The van der Waals surface area contributed by atoms with Gasteiger partial charge in [0.05, 0.1) is 17.8 Å². The molecule has 0 spiro atoms. The highest BCUT2D eigenvalue weighted by molar-refractivity contribution is 6.31. The minimum absolute atomic E-state index is 0.260. The van der Waals surface area contributed by atoms with Gasteiger partial charge in [-0.3, -0.25) is 0 Å². The Morgan fingerprint density at radius 3 is 3.05 bits per heavy atom. The van der Waals surface area contributed by atoms with Crippen molar-refractivity contribution < 1.29 is 4.74 Å². The first-order valence-corrected chi connectivity index (χ1v) is 6.55. The van der Waals surface area contributed by atoms with Gasteiger partial charge >= 0.3 is 0 Å². The number of anilines is 1. The van der Waals surface area contributed by atoms with E-state index in [-0.39, 0.29) is 5.88 Å². The molecule has 6 heteroatoms. The lowest BCUT2D eigenvalue weighted by atomic mass is 10.2. The SMILES string of the molecule is CCCNc1ncc(Cl)c(Oc2cccc(C#N)c2)n1. The third kappa shape index (κ3) is 3.59. The van der Waals surface area contributed by atoms with Crippen molar-refractivity contribution in [1.29, 1.82) is 5.26 Å². The number of nitrogens with zero attached hydrogens (tertiary/aromatic N) is 3. The second kappa shape index (κ2) is 6.73. The maximum absolute atomic E-state index is 8.86. The second-order valence-corrected chi connectivity index (χ2v) is 4.42. The molecule has 0 radical (unpaired) electrons. The fourth-order valence-electron chi connectivity index (χ4n) is 1.49. The van der Waals surface area contributed by atoms with Crippen molar-refractivity contribution >= 4 is 17.5 Å². The lowest BCUT2D eigenvalue weighted by Gasteiger charge is -2.08. The molecule has 0 unspecified atom stereocenters. The van der Waals surface area contributed by atoms with Gasteiger partial charge in [-0.2, -0.15) is 10.2 Å². The molecule has 0 aliphatic rings. The van der Waals surface area contributed by atoms with Crippen molar-refractivity contribution in [3.8, 4) is 17.7 Å². The van der Waals surface area contributed by atoms with Gasteiger partial charge in [0.1, 0.15) is 10.8 Å².